The van der Waals surface area contributed by atoms with Gasteiger partial charge in [0, 0.05) is 28.8 Å². The fraction of sp³-hybridized carbons (Fsp3) is 0.214. The Kier molecular flexibility index (Phi) is 4.61. The molecule has 2 nitrogen and oxygen atoms in total. The Hall–Kier alpha value is -1.06. The number of aryl methyl sites for hydroxylation is 1. The number of hydrogen-bond donors (Lipinski definition) is 0. The summed E-state index contributed by atoms with van der Waals surface area (Å²) in [5.41, 5.74) is 0.865. The maximum Gasteiger partial charge on any atom is 0.137 e. The second kappa shape index (κ2) is 6.21. The van der Waals surface area contributed by atoms with E-state index >= 15 is 0 Å². The molecule has 0 aliphatic heterocycles. The van der Waals surface area contributed by atoms with Crippen molar-refractivity contribution in [3.63, 3.8) is 0 Å². The summed E-state index contributed by atoms with van der Waals surface area (Å²) in [6.07, 6.45) is 3.10. The average Bonchev–Trinajstić information content (AvgIpc) is 2.83. The number of halogens is 2. The highest BCUT2D eigenvalue weighted by molar-refractivity contribution is 9.10. The van der Waals surface area contributed by atoms with Crippen LogP contribution in [0.4, 0.5) is 0 Å². The predicted molar refractivity (Wildman–Crippen MR) is 74.9 cm³/mol. The molecule has 2 rings (SSSR count). The SMILES string of the molecule is O=C(CCc1ccco1)Cc1ccc(Br)cc1Cl. The average molecular weight is 328 g/mol. The van der Waals surface area contributed by atoms with Crippen molar-refractivity contribution in [1.29, 1.82) is 0 Å². The third-order valence-corrected chi connectivity index (χ3v) is 3.48. The van der Waals surface area contributed by atoms with Crippen molar-refractivity contribution < 1.29 is 9.21 Å². The minimum absolute atomic E-state index is 0.163. The Labute approximate surface area is 119 Å². The number of hydrogen-bond acceptors (Lipinski definition) is 2. The second-order valence-electron chi connectivity index (χ2n) is 4.03. The fourth-order valence-corrected chi connectivity index (χ4v) is 2.42. The Bertz CT molecular complexity index is 535. The molecule has 0 amide bonds. The second-order valence-corrected chi connectivity index (χ2v) is 5.35. The van der Waals surface area contributed by atoms with Crippen LogP contribution >= 0.6 is 27.5 Å². The molecular formula is C14H12BrClO2. The van der Waals surface area contributed by atoms with Crippen LogP contribution < -0.4 is 0 Å². The van der Waals surface area contributed by atoms with Crippen LogP contribution in [0.5, 0.6) is 0 Å². The van der Waals surface area contributed by atoms with Crippen molar-refractivity contribution in [3.8, 4) is 0 Å². The van der Waals surface area contributed by atoms with Gasteiger partial charge in [-0.25, -0.2) is 0 Å². The van der Waals surface area contributed by atoms with Crippen molar-refractivity contribution in [3.05, 3.63) is 57.4 Å². The summed E-state index contributed by atoms with van der Waals surface area (Å²) in [5, 5.41) is 0.621. The van der Waals surface area contributed by atoms with Crippen LogP contribution in [0, 0.1) is 0 Å². The fourth-order valence-electron chi connectivity index (χ4n) is 1.68. The quantitative estimate of drug-likeness (QED) is 0.812. The molecule has 1 aromatic heterocycles. The summed E-state index contributed by atoms with van der Waals surface area (Å²) < 4.78 is 6.11. The molecule has 0 bridgehead atoms. The molecular weight excluding hydrogens is 316 g/mol. The lowest BCUT2D eigenvalue weighted by atomic mass is 10.1. The molecule has 1 aromatic carbocycles. The third kappa shape index (κ3) is 3.72. The first kappa shape index (κ1) is 13.4. The number of furan rings is 1. The third-order valence-electron chi connectivity index (χ3n) is 2.63. The summed E-state index contributed by atoms with van der Waals surface area (Å²) in [5.74, 6) is 1.00. The molecule has 4 heteroatoms. The van der Waals surface area contributed by atoms with E-state index in [-0.39, 0.29) is 5.78 Å². The summed E-state index contributed by atoms with van der Waals surface area (Å²) in [4.78, 5) is 11.8. The molecule has 0 saturated carbocycles. The Morgan fingerprint density at radius 2 is 2.17 bits per heavy atom. The topological polar surface area (TPSA) is 30.2 Å². The first-order valence-electron chi connectivity index (χ1n) is 5.63. The van der Waals surface area contributed by atoms with Gasteiger partial charge in [0.05, 0.1) is 6.26 Å². The molecule has 94 valence electrons. The van der Waals surface area contributed by atoms with Gasteiger partial charge in [0.15, 0.2) is 0 Å². The minimum Gasteiger partial charge on any atom is -0.469 e. The van der Waals surface area contributed by atoms with Crippen LogP contribution in [-0.4, -0.2) is 5.78 Å². The summed E-state index contributed by atoms with van der Waals surface area (Å²) in [6, 6.07) is 9.26. The largest absolute Gasteiger partial charge is 0.469 e. The van der Waals surface area contributed by atoms with Crippen molar-refractivity contribution in [2.24, 2.45) is 0 Å². The lowest BCUT2D eigenvalue weighted by Crippen LogP contribution is -2.04. The van der Waals surface area contributed by atoms with Gasteiger partial charge in [-0.2, -0.15) is 0 Å². The van der Waals surface area contributed by atoms with Gasteiger partial charge in [-0.05, 0) is 29.8 Å². The number of Topliss-reactive ketones (excluding diaryl/α,β-unsaturated/α-hetero) is 1. The summed E-state index contributed by atoms with van der Waals surface area (Å²) in [6.45, 7) is 0. The van der Waals surface area contributed by atoms with Gasteiger partial charge in [-0.15, -0.1) is 0 Å². The molecule has 0 aliphatic rings. The van der Waals surface area contributed by atoms with Crippen LogP contribution in [0.15, 0.2) is 45.5 Å². The van der Waals surface area contributed by atoms with Crippen LogP contribution in [0.1, 0.15) is 17.7 Å². The van der Waals surface area contributed by atoms with Crippen molar-refractivity contribution >= 4 is 33.3 Å². The smallest absolute Gasteiger partial charge is 0.137 e. The number of rotatable bonds is 5. The molecule has 0 saturated heterocycles. The summed E-state index contributed by atoms with van der Waals surface area (Å²) >= 11 is 9.41. The van der Waals surface area contributed by atoms with E-state index in [1.165, 1.54) is 0 Å². The highest BCUT2D eigenvalue weighted by Crippen LogP contribution is 2.22. The number of ketones is 1. The lowest BCUT2D eigenvalue weighted by Gasteiger charge is -2.04. The zero-order valence-corrected chi connectivity index (χ0v) is 12.0. The zero-order chi connectivity index (χ0) is 13.0. The monoisotopic (exact) mass is 326 g/mol. The summed E-state index contributed by atoms with van der Waals surface area (Å²) in [7, 11) is 0. The molecule has 0 N–H and O–H groups in total. The predicted octanol–water partition coefficient (Wildman–Crippen LogP) is 4.44. The molecule has 0 fully saturated rings. The molecule has 0 aliphatic carbocycles. The van der Waals surface area contributed by atoms with Crippen LogP contribution in [0.3, 0.4) is 0 Å². The standard InChI is InChI=1S/C14H12BrClO2/c15-11-4-3-10(14(16)9-11)8-12(17)5-6-13-2-1-7-18-13/h1-4,7,9H,5-6,8H2. The molecule has 18 heavy (non-hydrogen) atoms. The van der Waals surface area contributed by atoms with Gasteiger partial charge in [0.2, 0.25) is 0 Å². The van der Waals surface area contributed by atoms with Gasteiger partial charge in [0.25, 0.3) is 0 Å². The maximum absolute atomic E-state index is 11.8. The van der Waals surface area contributed by atoms with Gasteiger partial charge in [-0.1, -0.05) is 33.6 Å². The van der Waals surface area contributed by atoms with E-state index in [9.17, 15) is 4.79 Å². The van der Waals surface area contributed by atoms with Crippen LogP contribution in [0.25, 0.3) is 0 Å². The molecule has 2 aromatic rings. The zero-order valence-electron chi connectivity index (χ0n) is 9.66. The van der Waals surface area contributed by atoms with Gasteiger partial charge in [-0.3, -0.25) is 4.79 Å². The molecule has 0 unspecified atom stereocenters. The van der Waals surface area contributed by atoms with E-state index in [4.69, 9.17) is 16.0 Å². The normalized spacial score (nSPS) is 10.6. The molecule has 0 radical (unpaired) electrons. The van der Waals surface area contributed by atoms with E-state index in [2.05, 4.69) is 15.9 Å². The van der Waals surface area contributed by atoms with Gasteiger partial charge < -0.3 is 4.42 Å². The van der Waals surface area contributed by atoms with Crippen molar-refractivity contribution in [2.45, 2.75) is 19.3 Å². The Morgan fingerprint density at radius 1 is 1.33 bits per heavy atom. The van der Waals surface area contributed by atoms with Crippen molar-refractivity contribution in [2.75, 3.05) is 0 Å². The van der Waals surface area contributed by atoms with Crippen LogP contribution in [0.2, 0.25) is 5.02 Å². The molecule has 0 spiro atoms. The Morgan fingerprint density at radius 3 is 2.83 bits per heavy atom. The van der Waals surface area contributed by atoms with E-state index in [1.54, 1.807) is 12.3 Å². The van der Waals surface area contributed by atoms with Gasteiger partial charge >= 0.3 is 0 Å². The van der Waals surface area contributed by atoms with E-state index in [0.29, 0.717) is 24.3 Å². The number of carbonyl (C=O) groups is 1. The van der Waals surface area contributed by atoms with E-state index in [1.807, 2.05) is 24.3 Å². The first-order valence-corrected chi connectivity index (χ1v) is 6.80. The number of benzene rings is 1. The molecule has 0 atom stereocenters. The molecule has 1 heterocycles. The van der Waals surface area contributed by atoms with Crippen LogP contribution in [-0.2, 0) is 17.6 Å². The lowest BCUT2D eigenvalue weighted by molar-refractivity contribution is -0.118. The maximum atomic E-state index is 11.8. The Balaban J connectivity index is 1.91. The highest BCUT2D eigenvalue weighted by Gasteiger charge is 2.08. The number of carbonyl (C=O) groups excluding carboxylic acids is 1. The highest BCUT2D eigenvalue weighted by atomic mass is 79.9. The van der Waals surface area contributed by atoms with E-state index in [0.717, 1.165) is 15.8 Å². The first-order chi connectivity index (χ1) is 8.65. The van der Waals surface area contributed by atoms with Crippen molar-refractivity contribution in [1.82, 2.24) is 0 Å². The minimum atomic E-state index is 0.163. The van der Waals surface area contributed by atoms with Gasteiger partial charge in [0.1, 0.15) is 11.5 Å². The van der Waals surface area contributed by atoms with E-state index < -0.39 is 0 Å².